The van der Waals surface area contributed by atoms with Gasteiger partial charge < -0.3 is 5.32 Å². The van der Waals surface area contributed by atoms with Gasteiger partial charge in [0.2, 0.25) is 0 Å². The zero-order chi connectivity index (χ0) is 15.2. The first kappa shape index (κ1) is 15.6. The van der Waals surface area contributed by atoms with E-state index in [0.29, 0.717) is 5.92 Å². The molecule has 1 nitrogen and oxygen atoms in total. The van der Waals surface area contributed by atoms with E-state index < -0.39 is 0 Å². The predicted octanol–water partition coefficient (Wildman–Crippen LogP) is 5.25. The van der Waals surface area contributed by atoms with E-state index in [1.54, 1.807) is 0 Å². The molecule has 0 radical (unpaired) electrons. The SMILES string of the molecule is C=C(/C=C(\C(C)=C/NC)C1CCCC1)c1ccccc1C. The highest BCUT2D eigenvalue weighted by Gasteiger charge is 2.20. The minimum absolute atomic E-state index is 0.690. The van der Waals surface area contributed by atoms with Crippen LogP contribution in [0.5, 0.6) is 0 Å². The van der Waals surface area contributed by atoms with Crippen LogP contribution >= 0.6 is 0 Å². The molecule has 1 aromatic carbocycles. The molecule has 0 amide bonds. The lowest BCUT2D eigenvalue weighted by molar-refractivity contribution is 0.648. The zero-order valence-electron chi connectivity index (χ0n) is 13.6. The highest BCUT2D eigenvalue weighted by molar-refractivity contribution is 5.75. The molecule has 1 N–H and O–H groups in total. The number of hydrogen-bond acceptors (Lipinski definition) is 1. The topological polar surface area (TPSA) is 12.0 Å². The second kappa shape index (κ2) is 7.31. The van der Waals surface area contributed by atoms with Crippen LogP contribution in [0.4, 0.5) is 0 Å². The van der Waals surface area contributed by atoms with Crippen LogP contribution in [-0.2, 0) is 0 Å². The Bertz CT molecular complexity index is 557. The monoisotopic (exact) mass is 281 g/mol. The summed E-state index contributed by atoms with van der Waals surface area (Å²) in [5, 5.41) is 3.16. The van der Waals surface area contributed by atoms with Crippen molar-refractivity contribution in [3.8, 4) is 0 Å². The minimum atomic E-state index is 0.690. The van der Waals surface area contributed by atoms with Gasteiger partial charge in [-0.1, -0.05) is 49.8 Å². The van der Waals surface area contributed by atoms with Gasteiger partial charge in [-0.05, 0) is 66.7 Å². The molecule has 1 aliphatic carbocycles. The molecule has 1 saturated carbocycles. The molecule has 1 heteroatoms. The van der Waals surface area contributed by atoms with Gasteiger partial charge in [0.1, 0.15) is 0 Å². The Morgan fingerprint density at radius 3 is 2.52 bits per heavy atom. The quantitative estimate of drug-likeness (QED) is 0.727. The lowest BCUT2D eigenvalue weighted by Crippen LogP contribution is -2.04. The van der Waals surface area contributed by atoms with Gasteiger partial charge in [-0.2, -0.15) is 0 Å². The Kier molecular flexibility index (Phi) is 5.44. The van der Waals surface area contributed by atoms with E-state index in [1.165, 1.54) is 48.0 Å². The van der Waals surface area contributed by atoms with Crippen LogP contribution in [0.2, 0.25) is 0 Å². The minimum Gasteiger partial charge on any atom is -0.394 e. The summed E-state index contributed by atoms with van der Waals surface area (Å²) in [6.45, 7) is 8.67. The Morgan fingerprint density at radius 1 is 1.24 bits per heavy atom. The second-order valence-corrected chi connectivity index (χ2v) is 6.04. The van der Waals surface area contributed by atoms with Crippen molar-refractivity contribution in [3.63, 3.8) is 0 Å². The Balaban J connectivity index is 2.33. The van der Waals surface area contributed by atoms with E-state index in [4.69, 9.17) is 0 Å². The van der Waals surface area contributed by atoms with Gasteiger partial charge >= 0.3 is 0 Å². The lowest BCUT2D eigenvalue weighted by Gasteiger charge is -2.17. The molecular weight excluding hydrogens is 254 g/mol. The summed E-state index contributed by atoms with van der Waals surface area (Å²) in [6, 6.07) is 8.49. The van der Waals surface area contributed by atoms with Crippen LogP contribution in [0.1, 0.15) is 43.7 Å². The van der Waals surface area contributed by atoms with Gasteiger partial charge in [0.05, 0.1) is 0 Å². The number of benzene rings is 1. The van der Waals surface area contributed by atoms with Crippen molar-refractivity contribution >= 4 is 5.57 Å². The molecule has 0 unspecified atom stereocenters. The Hall–Kier alpha value is -1.76. The van der Waals surface area contributed by atoms with Crippen molar-refractivity contribution in [1.82, 2.24) is 5.32 Å². The van der Waals surface area contributed by atoms with E-state index in [9.17, 15) is 0 Å². The van der Waals surface area contributed by atoms with Crippen LogP contribution < -0.4 is 5.32 Å². The van der Waals surface area contributed by atoms with Gasteiger partial charge in [0.25, 0.3) is 0 Å². The molecule has 0 bridgehead atoms. The number of rotatable bonds is 5. The van der Waals surface area contributed by atoms with Crippen molar-refractivity contribution in [2.45, 2.75) is 39.5 Å². The molecule has 0 aliphatic heterocycles. The van der Waals surface area contributed by atoms with Crippen LogP contribution in [-0.4, -0.2) is 7.05 Å². The number of nitrogens with one attached hydrogen (secondary N) is 1. The molecule has 112 valence electrons. The van der Waals surface area contributed by atoms with E-state index in [2.05, 4.69) is 62.3 Å². The van der Waals surface area contributed by atoms with Gasteiger partial charge in [-0.25, -0.2) is 0 Å². The van der Waals surface area contributed by atoms with E-state index >= 15 is 0 Å². The van der Waals surface area contributed by atoms with Gasteiger partial charge in [0.15, 0.2) is 0 Å². The summed E-state index contributed by atoms with van der Waals surface area (Å²) in [5.74, 6) is 0.690. The van der Waals surface area contributed by atoms with Crippen molar-refractivity contribution in [2.75, 3.05) is 7.05 Å². The first-order valence-electron chi connectivity index (χ1n) is 7.94. The fraction of sp³-hybridized carbons (Fsp3) is 0.400. The van der Waals surface area contributed by atoms with Gasteiger partial charge in [-0.15, -0.1) is 0 Å². The van der Waals surface area contributed by atoms with E-state index in [-0.39, 0.29) is 0 Å². The third-order valence-electron chi connectivity index (χ3n) is 4.43. The van der Waals surface area contributed by atoms with Crippen LogP contribution in [0.15, 0.2) is 54.3 Å². The fourth-order valence-corrected chi connectivity index (χ4v) is 3.29. The van der Waals surface area contributed by atoms with Crippen molar-refractivity contribution in [3.05, 3.63) is 65.4 Å². The number of allylic oxidation sites excluding steroid dienone is 4. The molecule has 21 heavy (non-hydrogen) atoms. The average Bonchev–Trinajstić information content (AvgIpc) is 2.99. The Labute approximate surface area is 129 Å². The molecular formula is C20H27N. The summed E-state index contributed by atoms with van der Waals surface area (Å²) >= 11 is 0. The first-order chi connectivity index (χ1) is 10.1. The molecule has 1 aromatic rings. The van der Waals surface area contributed by atoms with Gasteiger partial charge in [0, 0.05) is 7.05 Å². The number of aryl methyl sites for hydroxylation is 1. The highest BCUT2D eigenvalue weighted by atomic mass is 14.8. The Morgan fingerprint density at radius 2 is 1.90 bits per heavy atom. The van der Waals surface area contributed by atoms with Gasteiger partial charge in [-0.3, -0.25) is 0 Å². The molecule has 1 fully saturated rings. The van der Waals surface area contributed by atoms with E-state index in [1.807, 2.05) is 7.05 Å². The summed E-state index contributed by atoms with van der Waals surface area (Å²) in [5.41, 5.74) is 6.46. The molecule has 0 atom stereocenters. The third kappa shape index (κ3) is 3.87. The lowest BCUT2D eigenvalue weighted by atomic mass is 9.89. The molecule has 0 heterocycles. The number of hydrogen-bond donors (Lipinski definition) is 1. The molecule has 0 spiro atoms. The average molecular weight is 281 g/mol. The molecule has 0 aromatic heterocycles. The smallest absolute Gasteiger partial charge is 0.00278 e. The largest absolute Gasteiger partial charge is 0.394 e. The summed E-state index contributed by atoms with van der Waals surface area (Å²) < 4.78 is 0. The molecule has 2 rings (SSSR count). The third-order valence-corrected chi connectivity index (χ3v) is 4.43. The van der Waals surface area contributed by atoms with Crippen molar-refractivity contribution < 1.29 is 0 Å². The summed E-state index contributed by atoms with van der Waals surface area (Å²) in [6.07, 6.45) is 9.73. The summed E-state index contributed by atoms with van der Waals surface area (Å²) in [7, 11) is 1.96. The van der Waals surface area contributed by atoms with Crippen LogP contribution in [0, 0.1) is 12.8 Å². The molecule has 1 aliphatic rings. The maximum absolute atomic E-state index is 4.32. The standard InChI is InChI=1S/C20H27N/c1-15-9-5-8-12-19(15)16(2)13-20(17(3)14-21-4)18-10-6-7-11-18/h5,8-9,12-14,18,21H,2,6-7,10-11H2,1,3-4H3/b17-14-,20-13+. The molecule has 0 saturated heterocycles. The van der Waals surface area contributed by atoms with Crippen molar-refractivity contribution in [2.24, 2.45) is 5.92 Å². The first-order valence-corrected chi connectivity index (χ1v) is 7.94. The fourth-order valence-electron chi connectivity index (χ4n) is 3.29. The maximum Gasteiger partial charge on any atom is 0.00278 e. The summed E-state index contributed by atoms with van der Waals surface area (Å²) in [4.78, 5) is 0. The predicted molar refractivity (Wildman–Crippen MR) is 93.1 cm³/mol. The second-order valence-electron chi connectivity index (χ2n) is 6.04. The zero-order valence-corrected chi connectivity index (χ0v) is 13.6. The van der Waals surface area contributed by atoms with Crippen LogP contribution in [0.3, 0.4) is 0 Å². The van der Waals surface area contributed by atoms with Crippen LogP contribution in [0.25, 0.3) is 5.57 Å². The van der Waals surface area contributed by atoms with E-state index in [0.717, 1.165) is 5.57 Å². The maximum atomic E-state index is 4.32. The normalized spacial score (nSPS) is 17.1. The highest BCUT2D eigenvalue weighted by Crippen LogP contribution is 2.36. The van der Waals surface area contributed by atoms with Crippen molar-refractivity contribution in [1.29, 1.82) is 0 Å².